The Hall–Kier alpha value is -3.69. The fourth-order valence-corrected chi connectivity index (χ4v) is 5.86. The normalized spacial score (nSPS) is 18.8. The van der Waals surface area contributed by atoms with Gasteiger partial charge < -0.3 is 19.9 Å². The standard InChI is InChI=1S/C30H37N7O2/c1-21-5-4-6-22(2)27(21)36-20-23-19-31-29(33-28(23)37(30(36)38)26-11-17-39-18-12-26)32-24-7-9-25(10-8-24)35-15-13-34(3)14-16-35/h4-10,19,26H,11-18,20H2,1-3H3,(H,31,32,33). The molecule has 3 aliphatic rings. The highest BCUT2D eigenvalue weighted by Gasteiger charge is 2.39. The Labute approximate surface area is 230 Å². The van der Waals surface area contributed by atoms with Gasteiger partial charge in [-0.3, -0.25) is 9.80 Å². The molecule has 1 aromatic heterocycles. The van der Waals surface area contributed by atoms with E-state index in [1.54, 1.807) is 0 Å². The number of benzene rings is 2. The molecule has 0 saturated carbocycles. The Kier molecular flexibility index (Phi) is 7.10. The van der Waals surface area contributed by atoms with E-state index in [9.17, 15) is 4.79 Å². The zero-order chi connectivity index (χ0) is 26.9. The van der Waals surface area contributed by atoms with Crippen LogP contribution in [0.4, 0.5) is 33.6 Å². The summed E-state index contributed by atoms with van der Waals surface area (Å²) in [6.45, 7) is 10.1. The van der Waals surface area contributed by atoms with Crippen molar-refractivity contribution in [2.24, 2.45) is 0 Å². The summed E-state index contributed by atoms with van der Waals surface area (Å²) in [6, 6.07) is 14.6. The number of ether oxygens (including phenoxy) is 1. The van der Waals surface area contributed by atoms with Crippen LogP contribution in [-0.2, 0) is 11.3 Å². The average molecular weight is 528 g/mol. The minimum atomic E-state index is -0.0343. The second-order valence-corrected chi connectivity index (χ2v) is 10.8. The number of aromatic nitrogens is 2. The van der Waals surface area contributed by atoms with Crippen molar-refractivity contribution in [2.75, 3.05) is 66.5 Å². The Morgan fingerprint density at radius 3 is 2.33 bits per heavy atom. The first-order chi connectivity index (χ1) is 19.0. The van der Waals surface area contributed by atoms with Gasteiger partial charge in [-0.25, -0.2) is 9.78 Å². The van der Waals surface area contributed by atoms with E-state index in [-0.39, 0.29) is 12.1 Å². The number of nitrogens with zero attached hydrogens (tertiary/aromatic N) is 6. The number of piperazine rings is 1. The van der Waals surface area contributed by atoms with Crippen molar-refractivity contribution >= 4 is 34.9 Å². The van der Waals surface area contributed by atoms with Crippen molar-refractivity contribution in [1.29, 1.82) is 0 Å². The number of hydrogen-bond acceptors (Lipinski definition) is 7. The summed E-state index contributed by atoms with van der Waals surface area (Å²) < 4.78 is 5.62. The Balaban J connectivity index is 1.28. The van der Waals surface area contributed by atoms with Gasteiger partial charge in [0.15, 0.2) is 0 Å². The second-order valence-electron chi connectivity index (χ2n) is 10.8. The summed E-state index contributed by atoms with van der Waals surface area (Å²) in [5.74, 6) is 1.19. The first-order valence-electron chi connectivity index (χ1n) is 13.9. The van der Waals surface area contributed by atoms with Gasteiger partial charge in [0.05, 0.1) is 12.2 Å². The molecule has 204 valence electrons. The highest BCUT2D eigenvalue weighted by Crippen LogP contribution is 2.37. The number of anilines is 5. The van der Waals surface area contributed by atoms with E-state index < -0.39 is 0 Å². The second kappa shape index (κ2) is 10.8. The zero-order valence-corrected chi connectivity index (χ0v) is 23.1. The molecule has 39 heavy (non-hydrogen) atoms. The van der Waals surface area contributed by atoms with E-state index in [0.29, 0.717) is 31.5 Å². The molecular weight excluding hydrogens is 490 g/mol. The molecule has 0 spiro atoms. The van der Waals surface area contributed by atoms with Gasteiger partial charge in [0, 0.05) is 68.6 Å². The van der Waals surface area contributed by atoms with Crippen molar-refractivity contribution in [1.82, 2.24) is 14.9 Å². The molecule has 0 radical (unpaired) electrons. The maximum atomic E-state index is 14.1. The maximum absolute atomic E-state index is 14.1. The lowest BCUT2D eigenvalue weighted by Crippen LogP contribution is -2.54. The molecule has 6 rings (SSSR count). The van der Waals surface area contributed by atoms with Gasteiger partial charge in [-0.2, -0.15) is 4.98 Å². The molecule has 3 aromatic rings. The van der Waals surface area contributed by atoms with Gasteiger partial charge in [-0.15, -0.1) is 0 Å². The maximum Gasteiger partial charge on any atom is 0.330 e. The number of fused-ring (bicyclic) bond motifs is 1. The van der Waals surface area contributed by atoms with Crippen molar-refractivity contribution in [2.45, 2.75) is 39.3 Å². The molecule has 2 fully saturated rings. The number of carbonyl (C=O) groups excluding carboxylic acids is 1. The minimum absolute atomic E-state index is 0.0303. The number of rotatable bonds is 5. The van der Waals surface area contributed by atoms with Crippen LogP contribution in [0.1, 0.15) is 29.5 Å². The van der Waals surface area contributed by atoms with E-state index in [2.05, 4.69) is 77.4 Å². The molecule has 9 heteroatoms. The molecular formula is C30H37N7O2. The number of nitrogens with one attached hydrogen (secondary N) is 1. The predicted molar refractivity (Wildman–Crippen MR) is 155 cm³/mol. The Morgan fingerprint density at radius 1 is 0.949 bits per heavy atom. The van der Waals surface area contributed by atoms with Crippen LogP contribution >= 0.6 is 0 Å². The number of carbonyl (C=O) groups is 1. The van der Waals surface area contributed by atoms with Gasteiger partial charge >= 0.3 is 6.03 Å². The van der Waals surface area contributed by atoms with Crippen LogP contribution < -0.4 is 20.0 Å². The van der Waals surface area contributed by atoms with Gasteiger partial charge in [-0.1, -0.05) is 18.2 Å². The highest BCUT2D eigenvalue weighted by atomic mass is 16.5. The lowest BCUT2D eigenvalue weighted by molar-refractivity contribution is 0.0854. The number of para-hydroxylation sites is 1. The molecule has 2 saturated heterocycles. The molecule has 4 heterocycles. The predicted octanol–water partition coefficient (Wildman–Crippen LogP) is 4.71. The third-order valence-electron chi connectivity index (χ3n) is 8.09. The number of aryl methyl sites for hydroxylation is 2. The molecule has 0 atom stereocenters. The summed E-state index contributed by atoms with van der Waals surface area (Å²) in [7, 11) is 2.17. The molecule has 1 N–H and O–H groups in total. The molecule has 0 unspecified atom stereocenters. The SMILES string of the molecule is Cc1cccc(C)c1N1Cc2cnc(Nc3ccc(N4CCN(C)CC4)cc3)nc2N(C2CCOCC2)C1=O. The molecule has 9 nitrogen and oxygen atoms in total. The zero-order valence-electron chi connectivity index (χ0n) is 23.1. The van der Waals surface area contributed by atoms with E-state index in [1.165, 1.54) is 5.69 Å². The summed E-state index contributed by atoms with van der Waals surface area (Å²) in [5, 5.41) is 3.37. The topological polar surface area (TPSA) is 77.1 Å². The van der Waals surface area contributed by atoms with Crippen molar-refractivity contribution < 1.29 is 9.53 Å². The smallest absolute Gasteiger partial charge is 0.330 e. The molecule has 3 aliphatic heterocycles. The van der Waals surface area contributed by atoms with Crippen LogP contribution in [0, 0.1) is 13.8 Å². The Morgan fingerprint density at radius 2 is 1.64 bits per heavy atom. The number of likely N-dealkylation sites (N-methyl/N-ethyl adjacent to an activating group) is 1. The molecule has 0 bridgehead atoms. The molecule has 2 amide bonds. The van der Waals surface area contributed by atoms with E-state index in [4.69, 9.17) is 9.72 Å². The van der Waals surface area contributed by atoms with Crippen LogP contribution in [0.25, 0.3) is 0 Å². The average Bonchev–Trinajstić information content (AvgIpc) is 2.95. The number of amides is 2. The van der Waals surface area contributed by atoms with E-state index >= 15 is 0 Å². The van der Waals surface area contributed by atoms with Gasteiger partial charge in [-0.05, 0) is 69.1 Å². The van der Waals surface area contributed by atoms with E-state index in [1.807, 2.05) is 22.1 Å². The lowest BCUT2D eigenvalue weighted by atomic mass is 10.0. The summed E-state index contributed by atoms with van der Waals surface area (Å²) >= 11 is 0. The summed E-state index contributed by atoms with van der Waals surface area (Å²) in [4.78, 5) is 32.2. The third-order valence-corrected chi connectivity index (χ3v) is 8.09. The molecule has 0 aliphatic carbocycles. The minimum Gasteiger partial charge on any atom is -0.381 e. The number of urea groups is 1. The fourth-order valence-electron chi connectivity index (χ4n) is 5.86. The van der Waals surface area contributed by atoms with Gasteiger partial charge in [0.1, 0.15) is 5.82 Å². The van der Waals surface area contributed by atoms with Crippen molar-refractivity contribution in [3.63, 3.8) is 0 Å². The van der Waals surface area contributed by atoms with Crippen LogP contribution in [-0.4, -0.2) is 73.4 Å². The summed E-state index contributed by atoms with van der Waals surface area (Å²) in [6.07, 6.45) is 3.43. The van der Waals surface area contributed by atoms with Crippen LogP contribution in [0.5, 0.6) is 0 Å². The Bertz CT molecular complexity index is 1310. The van der Waals surface area contributed by atoms with Crippen LogP contribution in [0.2, 0.25) is 0 Å². The van der Waals surface area contributed by atoms with Crippen molar-refractivity contribution in [3.05, 3.63) is 65.4 Å². The largest absolute Gasteiger partial charge is 0.381 e. The van der Waals surface area contributed by atoms with Gasteiger partial charge in [0.25, 0.3) is 0 Å². The lowest BCUT2D eigenvalue weighted by Gasteiger charge is -2.42. The first-order valence-corrected chi connectivity index (χ1v) is 13.9. The fraction of sp³-hybridized carbons (Fsp3) is 0.433. The first kappa shape index (κ1) is 25.6. The van der Waals surface area contributed by atoms with Gasteiger partial charge in [0.2, 0.25) is 5.95 Å². The highest BCUT2D eigenvalue weighted by molar-refractivity contribution is 6.06. The van der Waals surface area contributed by atoms with Crippen molar-refractivity contribution in [3.8, 4) is 0 Å². The van der Waals surface area contributed by atoms with Crippen LogP contribution in [0.3, 0.4) is 0 Å². The van der Waals surface area contributed by atoms with Crippen LogP contribution in [0.15, 0.2) is 48.7 Å². The number of hydrogen-bond donors (Lipinski definition) is 1. The summed E-state index contributed by atoms with van der Waals surface area (Å²) in [5.41, 5.74) is 6.22. The quantitative estimate of drug-likeness (QED) is 0.515. The third kappa shape index (κ3) is 5.16. The van der Waals surface area contributed by atoms with E-state index in [0.717, 1.165) is 67.1 Å². The monoisotopic (exact) mass is 527 g/mol. The molecule has 2 aromatic carbocycles.